The van der Waals surface area contributed by atoms with E-state index in [0.717, 1.165) is 37.0 Å². The van der Waals surface area contributed by atoms with Gasteiger partial charge >= 0.3 is 0 Å². The number of aliphatic hydroxyl groups is 1. The fourth-order valence-corrected chi connectivity index (χ4v) is 6.11. The van der Waals surface area contributed by atoms with Crippen molar-refractivity contribution in [3.8, 4) is 5.75 Å². The van der Waals surface area contributed by atoms with Crippen LogP contribution in [0.4, 0.5) is 0 Å². The van der Waals surface area contributed by atoms with E-state index in [0.29, 0.717) is 18.7 Å². The minimum atomic E-state index is -0.759. The van der Waals surface area contributed by atoms with Crippen LogP contribution in [0.1, 0.15) is 57.1 Å². The van der Waals surface area contributed by atoms with Crippen LogP contribution < -0.4 is 0 Å². The Hall–Kier alpha value is -1.26. The van der Waals surface area contributed by atoms with Crippen molar-refractivity contribution in [2.24, 2.45) is 23.2 Å². The molecule has 0 spiro atoms. The molecule has 4 aliphatic carbocycles. The number of hydrogen-bond acceptors (Lipinski definition) is 3. The van der Waals surface area contributed by atoms with Gasteiger partial charge in [-0.15, -0.1) is 12.4 Å². The summed E-state index contributed by atoms with van der Waals surface area (Å²) in [5.41, 5.74) is 0.500. The van der Waals surface area contributed by atoms with Gasteiger partial charge in [0, 0.05) is 6.54 Å². The standard InChI is InChI=1S/C21H29NO3.ClH/c1-2-22(13-19(24)17-4-3-5-18(23)9-17)20(25)21-10-14-6-15(11-21)8-16(7-14)12-21;/h3-5,9,14-16,19,23-24H,2,6-8,10-13H2,1H3;1H. The molecule has 0 saturated heterocycles. The van der Waals surface area contributed by atoms with E-state index in [1.165, 1.54) is 19.3 Å². The van der Waals surface area contributed by atoms with Gasteiger partial charge < -0.3 is 15.1 Å². The lowest BCUT2D eigenvalue weighted by atomic mass is 9.49. The fourth-order valence-electron chi connectivity index (χ4n) is 6.11. The van der Waals surface area contributed by atoms with Gasteiger partial charge in [-0.05, 0) is 80.9 Å². The van der Waals surface area contributed by atoms with Gasteiger partial charge in [0.25, 0.3) is 0 Å². The van der Waals surface area contributed by atoms with E-state index in [4.69, 9.17) is 0 Å². The van der Waals surface area contributed by atoms with Crippen molar-refractivity contribution in [1.82, 2.24) is 4.90 Å². The third kappa shape index (κ3) is 3.46. The Balaban J connectivity index is 0.00000196. The molecule has 1 amide bonds. The maximum atomic E-state index is 13.4. The maximum absolute atomic E-state index is 13.4. The average Bonchev–Trinajstić information content (AvgIpc) is 2.57. The van der Waals surface area contributed by atoms with Gasteiger partial charge in [-0.1, -0.05) is 12.1 Å². The molecule has 4 saturated carbocycles. The number of likely N-dealkylation sites (N-methyl/N-ethyl adjacent to an activating group) is 1. The van der Waals surface area contributed by atoms with E-state index in [2.05, 4.69) is 0 Å². The molecular formula is C21H30ClNO3. The number of hydrogen-bond donors (Lipinski definition) is 2. The smallest absolute Gasteiger partial charge is 0.228 e. The molecule has 0 aromatic heterocycles. The minimum Gasteiger partial charge on any atom is -0.508 e. The Labute approximate surface area is 162 Å². The van der Waals surface area contributed by atoms with E-state index in [1.807, 2.05) is 11.8 Å². The molecule has 26 heavy (non-hydrogen) atoms. The number of aliphatic hydroxyl groups excluding tert-OH is 1. The first-order valence-corrected chi connectivity index (χ1v) is 9.75. The SMILES string of the molecule is CCN(CC(O)c1cccc(O)c1)C(=O)C12CC3CC(CC(C3)C1)C2.Cl. The van der Waals surface area contributed by atoms with E-state index in [9.17, 15) is 15.0 Å². The van der Waals surface area contributed by atoms with Gasteiger partial charge in [0.15, 0.2) is 0 Å². The Morgan fingerprint density at radius 1 is 1.19 bits per heavy atom. The van der Waals surface area contributed by atoms with Crippen molar-refractivity contribution in [1.29, 1.82) is 0 Å². The summed E-state index contributed by atoms with van der Waals surface area (Å²) in [4.78, 5) is 15.3. The second kappa shape index (κ2) is 7.40. The van der Waals surface area contributed by atoms with E-state index in [-0.39, 0.29) is 29.5 Å². The lowest BCUT2D eigenvalue weighted by Crippen LogP contribution is -2.55. The van der Waals surface area contributed by atoms with Gasteiger partial charge in [-0.3, -0.25) is 4.79 Å². The zero-order valence-corrected chi connectivity index (χ0v) is 16.3. The molecule has 4 bridgehead atoms. The third-order valence-corrected chi connectivity index (χ3v) is 6.81. The second-order valence-corrected chi connectivity index (χ2v) is 8.65. The number of phenols is 1. The molecule has 2 N–H and O–H groups in total. The van der Waals surface area contributed by atoms with Crippen LogP contribution in [0, 0.1) is 23.2 Å². The Bertz CT molecular complexity index is 627. The summed E-state index contributed by atoms with van der Waals surface area (Å²) in [5, 5.41) is 20.2. The van der Waals surface area contributed by atoms with Crippen molar-refractivity contribution in [2.45, 2.75) is 51.6 Å². The number of amides is 1. The number of carbonyl (C=O) groups is 1. The Morgan fingerprint density at radius 3 is 2.27 bits per heavy atom. The molecule has 5 rings (SSSR count). The highest BCUT2D eigenvalue weighted by molar-refractivity contribution is 5.85. The first-order valence-electron chi connectivity index (χ1n) is 9.75. The Morgan fingerprint density at radius 2 is 1.77 bits per heavy atom. The summed E-state index contributed by atoms with van der Waals surface area (Å²) in [7, 11) is 0. The topological polar surface area (TPSA) is 60.8 Å². The molecular weight excluding hydrogens is 350 g/mol. The quantitative estimate of drug-likeness (QED) is 0.815. The summed E-state index contributed by atoms with van der Waals surface area (Å²) < 4.78 is 0. The van der Waals surface area contributed by atoms with Crippen molar-refractivity contribution in [3.05, 3.63) is 29.8 Å². The van der Waals surface area contributed by atoms with Crippen LogP contribution in [-0.4, -0.2) is 34.1 Å². The number of carbonyl (C=O) groups excluding carboxylic acids is 1. The number of halogens is 1. The van der Waals surface area contributed by atoms with E-state index < -0.39 is 6.10 Å². The molecule has 5 heteroatoms. The first-order chi connectivity index (χ1) is 12.0. The van der Waals surface area contributed by atoms with Crippen LogP contribution in [0.5, 0.6) is 5.75 Å². The summed E-state index contributed by atoms with van der Waals surface area (Å²) in [5.74, 6) is 2.63. The monoisotopic (exact) mass is 379 g/mol. The van der Waals surface area contributed by atoms with E-state index >= 15 is 0 Å². The highest BCUT2D eigenvalue weighted by Crippen LogP contribution is 2.60. The molecule has 144 valence electrons. The fraction of sp³-hybridized carbons (Fsp3) is 0.667. The highest BCUT2D eigenvalue weighted by Gasteiger charge is 2.55. The van der Waals surface area contributed by atoms with Gasteiger partial charge in [-0.25, -0.2) is 0 Å². The summed E-state index contributed by atoms with van der Waals surface area (Å²) in [6, 6.07) is 6.70. The van der Waals surface area contributed by atoms with Gasteiger partial charge in [0.05, 0.1) is 18.1 Å². The molecule has 4 nitrogen and oxygen atoms in total. The van der Waals surface area contributed by atoms with Crippen molar-refractivity contribution in [2.75, 3.05) is 13.1 Å². The van der Waals surface area contributed by atoms with Crippen LogP contribution >= 0.6 is 12.4 Å². The van der Waals surface area contributed by atoms with Crippen molar-refractivity contribution in [3.63, 3.8) is 0 Å². The predicted octanol–water partition coefficient (Wildman–Crippen LogP) is 3.91. The van der Waals surface area contributed by atoms with Crippen molar-refractivity contribution < 1.29 is 15.0 Å². The summed E-state index contributed by atoms with van der Waals surface area (Å²) in [6.07, 6.45) is 6.37. The molecule has 1 aromatic rings. The van der Waals surface area contributed by atoms with Crippen LogP contribution in [0.25, 0.3) is 0 Å². The molecule has 1 unspecified atom stereocenters. The van der Waals surface area contributed by atoms with Gasteiger partial charge in [0.1, 0.15) is 5.75 Å². The highest BCUT2D eigenvalue weighted by atomic mass is 35.5. The van der Waals surface area contributed by atoms with Crippen LogP contribution in [0.15, 0.2) is 24.3 Å². The predicted molar refractivity (Wildman–Crippen MR) is 103 cm³/mol. The molecule has 4 fully saturated rings. The molecule has 4 aliphatic rings. The normalized spacial score (nSPS) is 32.8. The molecule has 0 heterocycles. The lowest BCUT2D eigenvalue weighted by molar-refractivity contribution is -0.158. The first kappa shape index (κ1) is 19.5. The average molecular weight is 380 g/mol. The molecule has 0 radical (unpaired) electrons. The van der Waals surface area contributed by atoms with Gasteiger partial charge in [-0.2, -0.15) is 0 Å². The third-order valence-electron chi connectivity index (χ3n) is 6.81. The largest absolute Gasteiger partial charge is 0.508 e. The molecule has 0 aliphatic heterocycles. The second-order valence-electron chi connectivity index (χ2n) is 8.65. The lowest BCUT2D eigenvalue weighted by Gasteiger charge is -2.56. The maximum Gasteiger partial charge on any atom is 0.228 e. The number of aromatic hydroxyl groups is 1. The molecule has 1 atom stereocenters. The number of benzene rings is 1. The zero-order chi connectivity index (χ0) is 17.6. The van der Waals surface area contributed by atoms with Crippen LogP contribution in [0.3, 0.4) is 0 Å². The Kier molecular flexibility index (Phi) is 5.55. The number of rotatable bonds is 5. The summed E-state index contributed by atoms with van der Waals surface area (Å²) in [6.45, 7) is 2.92. The number of phenolic OH excluding ortho intramolecular Hbond substituents is 1. The zero-order valence-electron chi connectivity index (χ0n) is 15.4. The van der Waals surface area contributed by atoms with E-state index in [1.54, 1.807) is 24.3 Å². The summed E-state index contributed by atoms with van der Waals surface area (Å²) >= 11 is 0. The van der Waals surface area contributed by atoms with Crippen molar-refractivity contribution >= 4 is 18.3 Å². The van der Waals surface area contributed by atoms with Crippen LogP contribution in [0.2, 0.25) is 0 Å². The number of nitrogens with zero attached hydrogens (tertiary/aromatic N) is 1. The van der Waals surface area contributed by atoms with Crippen LogP contribution in [-0.2, 0) is 4.79 Å². The minimum absolute atomic E-state index is 0. The van der Waals surface area contributed by atoms with Gasteiger partial charge in [0.2, 0.25) is 5.91 Å². The molecule has 1 aromatic carbocycles.